The van der Waals surface area contributed by atoms with Crippen LogP contribution in [0.2, 0.25) is 10.0 Å². The Hall–Kier alpha value is -2.61. The number of methoxy groups -OCH3 is 1. The SMILES string of the molecule is COc1c(Cl)cc(C(=O)Nc2cccc(C(=O)Nc3ccc(Br)cn3)c2)cc1Cl. The van der Waals surface area contributed by atoms with Crippen LogP contribution >= 0.6 is 39.1 Å². The summed E-state index contributed by atoms with van der Waals surface area (Å²) in [5.74, 6) is -0.0738. The van der Waals surface area contributed by atoms with Crippen molar-refractivity contribution in [2.24, 2.45) is 0 Å². The van der Waals surface area contributed by atoms with Crippen molar-refractivity contribution in [3.63, 3.8) is 0 Å². The molecule has 0 unspecified atom stereocenters. The maximum Gasteiger partial charge on any atom is 0.256 e. The zero-order chi connectivity index (χ0) is 21.0. The van der Waals surface area contributed by atoms with Crippen LogP contribution in [0.15, 0.2) is 59.2 Å². The van der Waals surface area contributed by atoms with Gasteiger partial charge in [-0.2, -0.15) is 0 Å². The van der Waals surface area contributed by atoms with E-state index >= 15 is 0 Å². The number of halogens is 3. The van der Waals surface area contributed by atoms with Crippen LogP contribution in [0.4, 0.5) is 11.5 Å². The van der Waals surface area contributed by atoms with E-state index in [-0.39, 0.29) is 21.5 Å². The lowest BCUT2D eigenvalue weighted by molar-refractivity contribution is 0.101. The van der Waals surface area contributed by atoms with E-state index in [0.29, 0.717) is 22.8 Å². The first kappa shape index (κ1) is 21.1. The smallest absolute Gasteiger partial charge is 0.256 e. The molecule has 2 amide bonds. The molecule has 0 saturated heterocycles. The molecule has 0 aliphatic carbocycles. The number of hydrogen-bond acceptors (Lipinski definition) is 4. The second-order valence-electron chi connectivity index (χ2n) is 5.82. The topological polar surface area (TPSA) is 80.3 Å². The van der Waals surface area contributed by atoms with Crippen molar-refractivity contribution in [3.8, 4) is 5.75 Å². The van der Waals surface area contributed by atoms with Crippen molar-refractivity contribution < 1.29 is 14.3 Å². The van der Waals surface area contributed by atoms with Gasteiger partial charge in [0.1, 0.15) is 5.82 Å². The number of anilines is 2. The molecule has 0 saturated carbocycles. The summed E-state index contributed by atoms with van der Waals surface area (Å²) >= 11 is 15.5. The number of carbonyl (C=O) groups is 2. The summed E-state index contributed by atoms with van der Waals surface area (Å²) in [6.45, 7) is 0. The highest BCUT2D eigenvalue weighted by Crippen LogP contribution is 2.34. The number of nitrogens with zero attached hydrogens (tertiary/aromatic N) is 1. The molecule has 2 N–H and O–H groups in total. The van der Waals surface area contributed by atoms with Crippen molar-refractivity contribution in [3.05, 3.63) is 80.4 Å². The van der Waals surface area contributed by atoms with Gasteiger partial charge in [-0.25, -0.2) is 4.98 Å². The summed E-state index contributed by atoms with van der Waals surface area (Å²) in [6.07, 6.45) is 1.58. The van der Waals surface area contributed by atoms with Crippen LogP contribution in [-0.4, -0.2) is 23.9 Å². The molecule has 148 valence electrons. The average molecular weight is 495 g/mol. The second kappa shape index (κ2) is 9.26. The van der Waals surface area contributed by atoms with E-state index in [1.165, 1.54) is 19.2 Å². The fourth-order valence-corrected chi connectivity index (χ4v) is 3.34. The van der Waals surface area contributed by atoms with E-state index in [2.05, 4.69) is 31.5 Å². The van der Waals surface area contributed by atoms with Crippen molar-refractivity contribution in [1.29, 1.82) is 0 Å². The summed E-state index contributed by atoms with van der Waals surface area (Å²) in [4.78, 5) is 29.1. The van der Waals surface area contributed by atoms with Crippen LogP contribution in [0.5, 0.6) is 5.75 Å². The van der Waals surface area contributed by atoms with Gasteiger partial charge in [0.05, 0.1) is 17.2 Å². The second-order valence-corrected chi connectivity index (χ2v) is 7.55. The predicted molar refractivity (Wildman–Crippen MR) is 117 cm³/mol. The van der Waals surface area contributed by atoms with Gasteiger partial charge >= 0.3 is 0 Å². The maximum atomic E-state index is 12.5. The number of hydrogen-bond donors (Lipinski definition) is 2. The van der Waals surface area contributed by atoms with E-state index in [1.54, 1.807) is 42.6 Å². The summed E-state index contributed by atoms with van der Waals surface area (Å²) in [7, 11) is 1.44. The van der Waals surface area contributed by atoms with Crippen molar-refractivity contribution in [2.45, 2.75) is 0 Å². The minimum atomic E-state index is -0.427. The fraction of sp³-hybridized carbons (Fsp3) is 0.0500. The van der Waals surface area contributed by atoms with Gasteiger partial charge in [-0.05, 0) is 58.4 Å². The summed E-state index contributed by atoms with van der Waals surface area (Å²) in [5.41, 5.74) is 1.06. The third-order valence-corrected chi connectivity index (χ3v) is 4.85. The molecular formula is C20H14BrCl2N3O3. The standard InChI is InChI=1S/C20H14BrCl2N3O3/c1-29-18-15(22)8-12(9-16(18)23)20(28)25-14-4-2-3-11(7-14)19(27)26-17-6-5-13(21)10-24-17/h2-10H,1H3,(H,25,28)(H,24,26,27). The molecule has 1 aromatic heterocycles. The Morgan fingerprint density at radius 3 is 2.28 bits per heavy atom. The lowest BCUT2D eigenvalue weighted by Gasteiger charge is -2.10. The third kappa shape index (κ3) is 5.26. The van der Waals surface area contributed by atoms with Crippen molar-refractivity contribution in [2.75, 3.05) is 17.7 Å². The largest absolute Gasteiger partial charge is 0.494 e. The molecule has 3 rings (SSSR count). The van der Waals surface area contributed by atoms with Crippen LogP contribution in [0.3, 0.4) is 0 Å². The Bertz CT molecular complexity index is 1050. The molecule has 0 atom stereocenters. The summed E-state index contributed by atoms with van der Waals surface area (Å²) in [6, 6.07) is 12.9. The van der Waals surface area contributed by atoms with Crippen LogP contribution < -0.4 is 15.4 Å². The van der Waals surface area contributed by atoms with Gasteiger partial charge in [-0.3, -0.25) is 9.59 Å². The zero-order valence-electron chi connectivity index (χ0n) is 15.0. The van der Waals surface area contributed by atoms with E-state index < -0.39 is 5.91 Å². The number of pyridine rings is 1. The van der Waals surface area contributed by atoms with Gasteiger partial charge in [0.15, 0.2) is 5.75 Å². The Labute approximate surface area is 185 Å². The van der Waals surface area contributed by atoms with Crippen LogP contribution in [-0.2, 0) is 0 Å². The zero-order valence-corrected chi connectivity index (χ0v) is 18.1. The fourth-order valence-electron chi connectivity index (χ4n) is 2.47. The number of aromatic nitrogens is 1. The Kier molecular flexibility index (Phi) is 6.74. The molecule has 3 aromatic rings. The molecule has 0 spiro atoms. The van der Waals surface area contributed by atoms with E-state index in [9.17, 15) is 9.59 Å². The normalized spacial score (nSPS) is 10.3. The molecule has 0 radical (unpaired) electrons. The monoisotopic (exact) mass is 493 g/mol. The van der Waals surface area contributed by atoms with E-state index in [0.717, 1.165) is 4.47 Å². The van der Waals surface area contributed by atoms with Crippen LogP contribution in [0.25, 0.3) is 0 Å². The van der Waals surface area contributed by atoms with Gasteiger partial charge < -0.3 is 15.4 Å². The Morgan fingerprint density at radius 1 is 0.966 bits per heavy atom. The van der Waals surface area contributed by atoms with Gasteiger partial charge in [-0.1, -0.05) is 29.3 Å². The predicted octanol–water partition coefficient (Wildman–Crippen LogP) is 5.66. The Balaban J connectivity index is 1.75. The Morgan fingerprint density at radius 2 is 1.66 bits per heavy atom. The molecule has 2 aromatic carbocycles. The van der Waals surface area contributed by atoms with Gasteiger partial charge in [-0.15, -0.1) is 0 Å². The highest BCUT2D eigenvalue weighted by molar-refractivity contribution is 9.10. The molecular weight excluding hydrogens is 481 g/mol. The molecule has 0 bridgehead atoms. The maximum absolute atomic E-state index is 12.5. The first-order valence-corrected chi connectivity index (χ1v) is 9.79. The quantitative estimate of drug-likeness (QED) is 0.479. The first-order valence-electron chi connectivity index (χ1n) is 8.24. The summed E-state index contributed by atoms with van der Waals surface area (Å²) < 4.78 is 5.88. The summed E-state index contributed by atoms with van der Waals surface area (Å²) in [5, 5.41) is 5.86. The minimum absolute atomic E-state index is 0.222. The lowest BCUT2D eigenvalue weighted by atomic mass is 10.1. The number of carbonyl (C=O) groups excluding carboxylic acids is 2. The molecule has 0 fully saturated rings. The molecule has 0 aliphatic rings. The van der Waals surface area contributed by atoms with Crippen molar-refractivity contribution in [1.82, 2.24) is 4.98 Å². The number of ether oxygens (including phenoxy) is 1. The first-order chi connectivity index (χ1) is 13.9. The van der Waals surface area contributed by atoms with Crippen LogP contribution in [0.1, 0.15) is 20.7 Å². The number of amides is 2. The lowest BCUT2D eigenvalue weighted by Crippen LogP contribution is -2.15. The molecule has 6 nitrogen and oxygen atoms in total. The van der Waals surface area contributed by atoms with Gasteiger partial charge in [0, 0.05) is 27.5 Å². The highest BCUT2D eigenvalue weighted by atomic mass is 79.9. The minimum Gasteiger partial charge on any atom is -0.494 e. The third-order valence-electron chi connectivity index (χ3n) is 3.82. The molecule has 0 aliphatic heterocycles. The number of nitrogens with one attached hydrogen (secondary N) is 2. The molecule has 9 heteroatoms. The average Bonchev–Trinajstić information content (AvgIpc) is 2.69. The molecule has 1 heterocycles. The number of rotatable bonds is 5. The van der Waals surface area contributed by atoms with Gasteiger partial charge in [0.25, 0.3) is 11.8 Å². The van der Waals surface area contributed by atoms with E-state index in [1.807, 2.05) is 0 Å². The highest BCUT2D eigenvalue weighted by Gasteiger charge is 2.15. The molecule has 29 heavy (non-hydrogen) atoms. The van der Waals surface area contributed by atoms with E-state index in [4.69, 9.17) is 27.9 Å². The van der Waals surface area contributed by atoms with Gasteiger partial charge in [0.2, 0.25) is 0 Å². The number of benzene rings is 2. The van der Waals surface area contributed by atoms with Crippen LogP contribution in [0, 0.1) is 0 Å². The van der Waals surface area contributed by atoms with Crippen molar-refractivity contribution >= 4 is 62.5 Å².